The minimum Gasteiger partial charge on any atom is -0.137 e. The molecule has 1 aliphatic heterocycles. The highest BCUT2D eigenvalue weighted by Crippen LogP contribution is 2.14. The fourth-order valence-corrected chi connectivity index (χ4v) is 8.00. The first kappa shape index (κ1) is 6.41. The highest BCUT2D eigenvalue weighted by atomic mass is 127. The molecule has 0 aromatic rings. The van der Waals surface area contributed by atoms with Crippen LogP contribution in [0.15, 0.2) is 10.2 Å². The molecule has 1 heterocycles. The Bertz CT molecular complexity index is 146. The third-order valence-corrected chi connectivity index (χ3v) is 6.96. The Labute approximate surface area is 68.3 Å². The van der Waals surface area contributed by atoms with E-state index in [1.807, 2.05) is 0 Å². The monoisotopic (exact) mass is 338 g/mol. The molecule has 0 aromatic carbocycles. The second-order valence-corrected chi connectivity index (χ2v) is 9.12. The molecule has 0 atom stereocenters. The van der Waals surface area contributed by atoms with Crippen LogP contribution in [0.1, 0.15) is 0 Å². The molecule has 0 nitrogen and oxygen atoms in total. The lowest BCUT2D eigenvalue weighted by Crippen LogP contribution is -1.71. The van der Waals surface area contributed by atoms with Gasteiger partial charge in [-0.15, -0.1) is 12.6 Å². The summed E-state index contributed by atoms with van der Waals surface area (Å²) >= 11 is 4.86. The summed E-state index contributed by atoms with van der Waals surface area (Å²) in [6.45, 7) is 0. The van der Waals surface area contributed by atoms with Crippen molar-refractivity contribution in [3.63, 3.8) is 0 Å². The average Bonchev–Trinajstić information content (AvgIpc) is 1.69. The smallest absolute Gasteiger partial charge is 0.0382 e. The summed E-state index contributed by atoms with van der Waals surface area (Å²) in [7, 11) is 0. The molecule has 0 fully saturated rings. The Morgan fingerprint density at radius 3 is 2.71 bits per heavy atom. The van der Waals surface area contributed by atoms with Crippen molar-refractivity contribution < 1.29 is 0 Å². The number of rotatable bonds is 0. The van der Waals surface area contributed by atoms with Crippen LogP contribution in [0.3, 0.4) is 0 Å². The number of hydrogen-bond acceptors (Lipinski definition) is 1. The van der Waals surface area contributed by atoms with Gasteiger partial charge >= 0.3 is 0 Å². The van der Waals surface area contributed by atoms with E-state index in [0.29, 0.717) is 20.7 Å². The number of thiol groups is 1. The van der Waals surface area contributed by atoms with Gasteiger partial charge in [0.1, 0.15) is 0 Å². The van der Waals surface area contributed by atoms with Gasteiger partial charge in [0.2, 0.25) is 0 Å². The molecule has 0 saturated carbocycles. The normalized spacial score (nSPS) is 19.3. The van der Waals surface area contributed by atoms with Crippen molar-refractivity contribution in [1.82, 2.24) is 0 Å². The highest BCUT2D eigenvalue weighted by molar-refractivity contribution is 14.3. The highest BCUT2D eigenvalue weighted by Gasteiger charge is 1.81. The summed E-state index contributed by atoms with van der Waals surface area (Å²) in [5.74, 6) is 0. The molecule has 0 amide bonds. The van der Waals surface area contributed by atoms with Gasteiger partial charge < -0.3 is 0 Å². The lowest BCUT2D eigenvalue weighted by atomic mass is 10.8. The maximum atomic E-state index is 4.23. The largest absolute Gasteiger partial charge is 0.137 e. The first-order valence-corrected chi connectivity index (χ1v) is 6.95. The molecule has 0 N–H and O–H groups in total. The van der Waals surface area contributed by atoms with Gasteiger partial charge in [0.15, 0.2) is 0 Å². The summed E-state index contributed by atoms with van der Waals surface area (Å²) in [6, 6.07) is 0. The molecule has 0 radical (unpaired) electrons. The van der Waals surface area contributed by atoms with E-state index in [-0.39, 0.29) is 20.7 Å². The van der Waals surface area contributed by atoms with E-state index in [0.717, 1.165) is 0 Å². The lowest BCUT2D eigenvalue weighted by Gasteiger charge is -1.86. The van der Waals surface area contributed by atoms with Crippen molar-refractivity contribution in [3.05, 3.63) is 10.2 Å². The van der Waals surface area contributed by atoms with Crippen LogP contribution in [0.25, 0.3) is 0 Å². The minimum absolute atomic E-state index is 0.270. The molecule has 0 unspecified atom stereocenters. The molecule has 0 aliphatic carbocycles. The molecule has 40 valence electrons. The van der Waals surface area contributed by atoms with E-state index in [9.17, 15) is 0 Å². The molecule has 7 heavy (non-hydrogen) atoms. The first-order chi connectivity index (χ1) is 3.39. The Morgan fingerprint density at radius 2 is 2.43 bits per heavy atom. The van der Waals surface area contributed by atoms with Crippen molar-refractivity contribution in [2.24, 2.45) is 0 Å². The van der Waals surface area contributed by atoms with Gasteiger partial charge in [-0.1, -0.05) is 41.5 Å². The Morgan fingerprint density at radius 1 is 1.57 bits per heavy atom. The Balaban J connectivity index is 2.82. The van der Waals surface area contributed by atoms with Gasteiger partial charge in [-0.25, -0.2) is 0 Å². The zero-order chi connectivity index (χ0) is 5.11. The van der Waals surface area contributed by atoms with Crippen molar-refractivity contribution >= 4 is 58.9 Å². The molecular weight excluding hydrogens is 334 g/mol. The minimum atomic E-state index is 0.270. The second-order valence-electron chi connectivity index (χ2n) is 0.933. The molecular formula is C4H4I2S. The Hall–Kier alpha value is 1.29. The van der Waals surface area contributed by atoms with Crippen LogP contribution in [-0.2, 0) is 0 Å². The van der Waals surface area contributed by atoms with E-state index >= 15 is 0 Å². The van der Waals surface area contributed by atoms with Crippen LogP contribution in [0, 0.1) is 0 Å². The van der Waals surface area contributed by atoms with Crippen molar-refractivity contribution in [3.8, 4) is 0 Å². The standard InChI is InChI=1S/C4H4I2S/c7-4-1-2-5-3-6-4/h1-3,7H. The third-order valence-electron chi connectivity index (χ3n) is 0.474. The van der Waals surface area contributed by atoms with Gasteiger partial charge in [-0.05, 0) is 10.2 Å². The summed E-state index contributed by atoms with van der Waals surface area (Å²) in [4.78, 5) is 0. The first-order valence-electron chi connectivity index (χ1n) is 1.69. The van der Waals surface area contributed by atoms with Gasteiger partial charge in [-0.2, -0.15) is 0 Å². The quantitative estimate of drug-likeness (QED) is 0.509. The Kier molecular flexibility index (Phi) is 3.06. The van der Waals surface area contributed by atoms with E-state index in [2.05, 4.69) is 24.8 Å². The lowest BCUT2D eigenvalue weighted by molar-refractivity contribution is 2.52. The van der Waals surface area contributed by atoms with Crippen molar-refractivity contribution in [1.29, 1.82) is 0 Å². The summed E-state index contributed by atoms with van der Waals surface area (Å²) in [6.07, 6.45) is 2.16. The van der Waals surface area contributed by atoms with Crippen molar-refractivity contribution in [2.45, 2.75) is 0 Å². The topological polar surface area (TPSA) is 0 Å². The third kappa shape index (κ3) is 2.36. The van der Waals surface area contributed by atoms with Gasteiger partial charge in [0.05, 0.1) is 0 Å². The van der Waals surface area contributed by atoms with Crippen LogP contribution in [-0.4, -0.2) is 4.86 Å². The summed E-state index contributed by atoms with van der Waals surface area (Å²) in [5.41, 5.74) is 0. The van der Waals surface area contributed by atoms with Gasteiger partial charge in [0.25, 0.3) is 0 Å². The molecule has 0 saturated heterocycles. The van der Waals surface area contributed by atoms with Crippen LogP contribution in [0.2, 0.25) is 0 Å². The zero-order valence-electron chi connectivity index (χ0n) is 3.44. The average molecular weight is 338 g/mol. The van der Waals surface area contributed by atoms with Gasteiger partial charge in [-0.3, -0.25) is 0 Å². The maximum Gasteiger partial charge on any atom is 0.0382 e. The molecule has 0 aromatic heterocycles. The predicted octanol–water partition coefficient (Wildman–Crippen LogP) is 2.27. The van der Waals surface area contributed by atoms with Crippen LogP contribution in [0.5, 0.6) is 0 Å². The molecule has 1 rings (SSSR count). The molecule has 0 spiro atoms. The number of halogens is 2. The fraction of sp³-hybridized carbons (Fsp3) is 0. The molecule has 0 bridgehead atoms. The maximum absolute atomic E-state index is 4.23. The second kappa shape index (κ2) is 3.34. The van der Waals surface area contributed by atoms with Gasteiger partial charge in [0, 0.05) is 4.86 Å². The van der Waals surface area contributed by atoms with Crippen LogP contribution < -0.4 is 0 Å². The zero-order valence-corrected chi connectivity index (χ0v) is 8.64. The molecule has 3 heteroatoms. The molecule has 1 aliphatic rings. The van der Waals surface area contributed by atoms with E-state index < -0.39 is 0 Å². The SMILES string of the molecule is SC1=IC=IC=C1. The van der Waals surface area contributed by atoms with Crippen molar-refractivity contribution in [2.75, 3.05) is 0 Å². The van der Waals surface area contributed by atoms with Crippen LogP contribution in [0.4, 0.5) is 0 Å². The fourth-order valence-electron chi connectivity index (χ4n) is 0.218. The summed E-state index contributed by atoms with van der Waals surface area (Å²) in [5, 5.41) is 0. The summed E-state index contributed by atoms with van der Waals surface area (Å²) < 4.78 is 6.00. The number of hydrogen-bond donors (Lipinski definition) is 1. The van der Waals surface area contributed by atoms with E-state index in [1.165, 1.54) is 2.84 Å². The van der Waals surface area contributed by atoms with Crippen LogP contribution >= 0.6 is 54.1 Å². The van der Waals surface area contributed by atoms with E-state index in [1.54, 1.807) is 0 Å². The predicted molar refractivity (Wildman–Crippen MR) is 57.2 cm³/mol. The van der Waals surface area contributed by atoms with E-state index in [4.69, 9.17) is 0 Å².